The summed E-state index contributed by atoms with van der Waals surface area (Å²) in [6.45, 7) is 0.899. The number of nitrogens with one attached hydrogen (secondary N) is 1. The van der Waals surface area contributed by atoms with Crippen LogP contribution in [0.4, 0.5) is 4.39 Å². The predicted octanol–water partition coefficient (Wildman–Crippen LogP) is 1.44. The van der Waals surface area contributed by atoms with Crippen LogP contribution < -0.4 is 10.1 Å². The van der Waals surface area contributed by atoms with E-state index in [-0.39, 0.29) is 17.2 Å². The maximum atomic E-state index is 13.3. The number of carboxylic acid groups (broad SMARTS) is 1. The first kappa shape index (κ1) is 16.2. The monoisotopic (exact) mass is 311 g/mol. The summed E-state index contributed by atoms with van der Waals surface area (Å²) in [6.07, 6.45) is 1.43. The Labute approximate surface area is 127 Å². The van der Waals surface area contributed by atoms with E-state index in [0.29, 0.717) is 19.6 Å². The molecule has 2 rings (SSSR count). The van der Waals surface area contributed by atoms with Gasteiger partial charge in [-0.15, -0.1) is 0 Å². The number of carboxylic acids is 1. The molecular weight excluding hydrogens is 293 g/mol. The molecule has 22 heavy (non-hydrogen) atoms. The van der Waals surface area contributed by atoms with E-state index in [2.05, 4.69) is 5.32 Å². The van der Waals surface area contributed by atoms with Crippen molar-refractivity contribution >= 4 is 11.9 Å². The molecule has 1 aromatic rings. The molecule has 1 saturated heterocycles. The Bertz CT molecular complexity index is 557. The van der Waals surface area contributed by atoms with Crippen LogP contribution in [0.25, 0.3) is 0 Å². The lowest BCUT2D eigenvalue weighted by molar-refractivity contribution is -0.142. The summed E-state index contributed by atoms with van der Waals surface area (Å²) in [5.41, 5.74) is 0.140. The highest BCUT2D eigenvalue weighted by atomic mass is 19.1. The minimum Gasteiger partial charge on any atom is -0.494 e. The van der Waals surface area contributed by atoms with Crippen LogP contribution in [0.15, 0.2) is 18.2 Å². The topological polar surface area (TPSA) is 84.9 Å². The molecule has 1 amide bonds. The van der Waals surface area contributed by atoms with Gasteiger partial charge in [-0.25, -0.2) is 9.18 Å². The zero-order valence-corrected chi connectivity index (χ0v) is 12.2. The molecule has 1 heterocycles. The van der Waals surface area contributed by atoms with Gasteiger partial charge in [-0.1, -0.05) is 0 Å². The first-order valence-corrected chi connectivity index (χ1v) is 6.98. The van der Waals surface area contributed by atoms with Crippen LogP contribution in [-0.2, 0) is 9.53 Å². The Morgan fingerprint density at radius 3 is 2.86 bits per heavy atom. The number of amides is 1. The molecule has 120 valence electrons. The standard InChI is InChI=1S/C15H18FNO5/c1-21-12-7-9(4-5-11(12)16)14(18)17-13(15(19)20)10-3-2-6-22-8-10/h4-5,7,10,13H,2-3,6,8H2,1H3,(H,17,18)(H,19,20). The van der Waals surface area contributed by atoms with E-state index in [9.17, 15) is 19.1 Å². The summed E-state index contributed by atoms with van der Waals surface area (Å²) in [5.74, 6) is -2.64. The summed E-state index contributed by atoms with van der Waals surface area (Å²) in [6, 6.07) is 2.58. The average Bonchev–Trinajstić information content (AvgIpc) is 2.53. The molecule has 6 nitrogen and oxygen atoms in total. The SMILES string of the molecule is COc1cc(C(=O)NC(C(=O)O)C2CCCOC2)ccc1F. The van der Waals surface area contributed by atoms with Crippen LogP contribution in [0.5, 0.6) is 5.75 Å². The van der Waals surface area contributed by atoms with Crippen molar-refractivity contribution in [3.8, 4) is 5.75 Å². The number of ether oxygens (including phenoxy) is 2. The van der Waals surface area contributed by atoms with Gasteiger partial charge in [0, 0.05) is 18.1 Å². The molecule has 0 aliphatic carbocycles. The Kier molecular flexibility index (Phi) is 5.32. The van der Waals surface area contributed by atoms with Crippen molar-refractivity contribution in [2.75, 3.05) is 20.3 Å². The number of methoxy groups -OCH3 is 1. The van der Waals surface area contributed by atoms with Crippen molar-refractivity contribution in [1.29, 1.82) is 0 Å². The van der Waals surface area contributed by atoms with Crippen molar-refractivity contribution < 1.29 is 28.6 Å². The van der Waals surface area contributed by atoms with Crippen molar-refractivity contribution in [1.82, 2.24) is 5.32 Å². The Morgan fingerprint density at radius 1 is 1.50 bits per heavy atom. The van der Waals surface area contributed by atoms with Crippen LogP contribution in [0, 0.1) is 11.7 Å². The number of halogens is 1. The Hall–Kier alpha value is -2.15. The van der Waals surface area contributed by atoms with Gasteiger partial charge >= 0.3 is 5.97 Å². The number of rotatable bonds is 5. The first-order valence-electron chi connectivity index (χ1n) is 6.98. The lowest BCUT2D eigenvalue weighted by Crippen LogP contribution is -2.48. The summed E-state index contributed by atoms with van der Waals surface area (Å²) < 4.78 is 23.4. The second kappa shape index (κ2) is 7.22. The molecule has 1 aliphatic heterocycles. The van der Waals surface area contributed by atoms with Gasteiger partial charge in [0.2, 0.25) is 0 Å². The quantitative estimate of drug-likeness (QED) is 0.859. The van der Waals surface area contributed by atoms with Crippen LogP contribution in [0.2, 0.25) is 0 Å². The fraction of sp³-hybridized carbons (Fsp3) is 0.467. The smallest absolute Gasteiger partial charge is 0.326 e. The molecular formula is C15H18FNO5. The molecule has 0 saturated carbocycles. The first-order chi connectivity index (χ1) is 10.5. The number of carbonyl (C=O) groups is 2. The molecule has 0 bridgehead atoms. The summed E-state index contributed by atoms with van der Waals surface area (Å²) in [4.78, 5) is 23.6. The maximum absolute atomic E-state index is 13.3. The highest BCUT2D eigenvalue weighted by Gasteiger charge is 2.31. The van der Waals surface area contributed by atoms with Gasteiger partial charge in [0.15, 0.2) is 11.6 Å². The molecule has 0 radical (unpaired) electrons. The van der Waals surface area contributed by atoms with Crippen molar-refractivity contribution in [3.05, 3.63) is 29.6 Å². The van der Waals surface area contributed by atoms with Crippen LogP contribution >= 0.6 is 0 Å². The van der Waals surface area contributed by atoms with Gasteiger partial charge in [0.05, 0.1) is 13.7 Å². The van der Waals surface area contributed by atoms with E-state index in [1.165, 1.54) is 19.2 Å². The Balaban J connectivity index is 2.12. The molecule has 1 aliphatic rings. The fourth-order valence-electron chi connectivity index (χ4n) is 2.44. The maximum Gasteiger partial charge on any atom is 0.326 e. The number of hydrogen-bond acceptors (Lipinski definition) is 4. The fourth-order valence-corrected chi connectivity index (χ4v) is 2.44. The molecule has 1 fully saturated rings. The van der Waals surface area contributed by atoms with Gasteiger partial charge in [-0.2, -0.15) is 0 Å². The van der Waals surface area contributed by atoms with Crippen molar-refractivity contribution in [2.24, 2.45) is 5.92 Å². The minimum atomic E-state index is -1.11. The lowest BCUT2D eigenvalue weighted by Gasteiger charge is -2.28. The zero-order valence-electron chi connectivity index (χ0n) is 12.2. The number of benzene rings is 1. The lowest BCUT2D eigenvalue weighted by atomic mass is 9.93. The normalized spacial score (nSPS) is 19.3. The summed E-state index contributed by atoms with van der Waals surface area (Å²) in [5, 5.41) is 11.8. The molecule has 0 spiro atoms. The summed E-state index contributed by atoms with van der Waals surface area (Å²) in [7, 11) is 1.29. The van der Waals surface area contributed by atoms with E-state index in [1.807, 2.05) is 0 Å². The van der Waals surface area contributed by atoms with Crippen LogP contribution in [0.3, 0.4) is 0 Å². The highest BCUT2D eigenvalue weighted by molar-refractivity contribution is 5.97. The largest absolute Gasteiger partial charge is 0.494 e. The third-order valence-corrected chi connectivity index (χ3v) is 3.63. The number of aliphatic carboxylic acids is 1. The molecule has 0 aromatic heterocycles. The minimum absolute atomic E-state index is 0.0690. The Morgan fingerprint density at radius 2 is 2.27 bits per heavy atom. The second-order valence-corrected chi connectivity index (χ2v) is 5.12. The molecule has 7 heteroatoms. The molecule has 2 atom stereocenters. The van der Waals surface area contributed by atoms with Crippen LogP contribution in [0.1, 0.15) is 23.2 Å². The molecule has 1 aromatic carbocycles. The van der Waals surface area contributed by atoms with E-state index in [1.54, 1.807) is 0 Å². The number of hydrogen-bond donors (Lipinski definition) is 2. The van der Waals surface area contributed by atoms with Crippen molar-refractivity contribution in [2.45, 2.75) is 18.9 Å². The van der Waals surface area contributed by atoms with E-state index in [0.717, 1.165) is 12.5 Å². The zero-order chi connectivity index (χ0) is 16.1. The molecule has 2 N–H and O–H groups in total. The number of carbonyl (C=O) groups excluding carboxylic acids is 1. The molecule has 2 unspecified atom stereocenters. The average molecular weight is 311 g/mol. The van der Waals surface area contributed by atoms with Gasteiger partial charge in [0.1, 0.15) is 6.04 Å². The highest BCUT2D eigenvalue weighted by Crippen LogP contribution is 2.20. The third-order valence-electron chi connectivity index (χ3n) is 3.63. The second-order valence-electron chi connectivity index (χ2n) is 5.12. The van der Waals surface area contributed by atoms with Gasteiger partial charge in [-0.05, 0) is 31.0 Å². The van der Waals surface area contributed by atoms with Gasteiger partial charge < -0.3 is 19.9 Å². The van der Waals surface area contributed by atoms with Gasteiger partial charge in [-0.3, -0.25) is 4.79 Å². The van der Waals surface area contributed by atoms with Crippen LogP contribution in [-0.4, -0.2) is 43.3 Å². The summed E-state index contributed by atoms with van der Waals surface area (Å²) >= 11 is 0. The van der Waals surface area contributed by atoms with E-state index >= 15 is 0 Å². The third kappa shape index (κ3) is 3.73. The van der Waals surface area contributed by atoms with Gasteiger partial charge in [0.25, 0.3) is 5.91 Å². The van der Waals surface area contributed by atoms with Crippen molar-refractivity contribution in [3.63, 3.8) is 0 Å². The predicted molar refractivity (Wildman–Crippen MR) is 75.4 cm³/mol. The van der Waals surface area contributed by atoms with E-state index in [4.69, 9.17) is 9.47 Å². The van der Waals surface area contributed by atoms with E-state index < -0.39 is 23.7 Å².